The number of carbonyl (C=O) groups excluding carboxylic acids is 1. The van der Waals surface area contributed by atoms with Crippen molar-refractivity contribution in [2.75, 3.05) is 11.9 Å². The molecule has 1 aromatic carbocycles. The van der Waals surface area contributed by atoms with Crippen LogP contribution < -0.4 is 5.32 Å². The number of carboxylic acid groups (broad SMARTS) is 1. The van der Waals surface area contributed by atoms with E-state index < -0.39 is 12.0 Å². The van der Waals surface area contributed by atoms with Gasteiger partial charge in [0.2, 0.25) is 5.91 Å². The normalized spacial score (nSPS) is 15.8. The second-order valence-corrected chi connectivity index (χ2v) is 6.20. The van der Waals surface area contributed by atoms with Gasteiger partial charge in [-0.3, -0.25) is 14.5 Å². The second-order valence-electron chi connectivity index (χ2n) is 5.29. The van der Waals surface area contributed by atoms with Gasteiger partial charge < -0.3 is 10.4 Å². The molecule has 0 bridgehead atoms. The van der Waals surface area contributed by atoms with Crippen molar-refractivity contribution in [3.8, 4) is 0 Å². The molecule has 2 N–H and O–H groups in total. The molecule has 5 nitrogen and oxygen atoms in total. The molecule has 1 unspecified atom stereocenters. The maximum atomic E-state index is 11.9. The Balaban J connectivity index is 1.84. The molecule has 0 spiro atoms. The molecule has 0 radical (unpaired) electrons. The number of halogens is 1. The van der Waals surface area contributed by atoms with E-state index in [9.17, 15) is 9.59 Å². The summed E-state index contributed by atoms with van der Waals surface area (Å²) in [5.74, 6) is -0.934. The minimum absolute atomic E-state index is 0.0967. The zero-order valence-corrected chi connectivity index (χ0v) is 13.5. The van der Waals surface area contributed by atoms with E-state index in [2.05, 4.69) is 21.2 Å². The van der Waals surface area contributed by atoms with Crippen LogP contribution in [0.15, 0.2) is 28.7 Å². The fourth-order valence-corrected chi connectivity index (χ4v) is 2.49. The lowest BCUT2D eigenvalue weighted by atomic mass is 10.2. The number of hydrogen-bond acceptors (Lipinski definition) is 3. The molecule has 1 amide bonds. The molecular formula is C15H19BrN2O3. The van der Waals surface area contributed by atoms with E-state index in [4.69, 9.17) is 5.11 Å². The van der Waals surface area contributed by atoms with E-state index in [0.29, 0.717) is 19.0 Å². The molecule has 0 aromatic heterocycles. The molecule has 21 heavy (non-hydrogen) atoms. The van der Waals surface area contributed by atoms with Crippen LogP contribution in [-0.4, -0.2) is 40.5 Å². The predicted molar refractivity (Wildman–Crippen MR) is 84.2 cm³/mol. The summed E-state index contributed by atoms with van der Waals surface area (Å²) in [4.78, 5) is 24.9. The van der Waals surface area contributed by atoms with Gasteiger partial charge in [0, 0.05) is 29.2 Å². The summed E-state index contributed by atoms with van der Waals surface area (Å²) in [5.41, 5.74) is 0.743. The molecule has 1 aliphatic rings. The third-order valence-electron chi connectivity index (χ3n) is 3.60. The number of nitrogens with zero attached hydrogens (tertiary/aromatic N) is 1. The van der Waals surface area contributed by atoms with Crippen molar-refractivity contribution in [3.63, 3.8) is 0 Å². The van der Waals surface area contributed by atoms with Crippen molar-refractivity contribution < 1.29 is 14.7 Å². The molecule has 114 valence electrons. The Bertz CT molecular complexity index is 514. The second kappa shape index (κ2) is 7.04. The van der Waals surface area contributed by atoms with Gasteiger partial charge in [0.15, 0.2) is 0 Å². The van der Waals surface area contributed by atoms with Gasteiger partial charge in [0.25, 0.3) is 0 Å². The van der Waals surface area contributed by atoms with Crippen LogP contribution >= 0.6 is 15.9 Å². The van der Waals surface area contributed by atoms with Crippen molar-refractivity contribution in [3.05, 3.63) is 28.7 Å². The first-order valence-electron chi connectivity index (χ1n) is 7.01. The molecule has 2 rings (SSSR count). The maximum absolute atomic E-state index is 11.9. The van der Waals surface area contributed by atoms with Crippen molar-refractivity contribution in [2.24, 2.45) is 0 Å². The lowest BCUT2D eigenvalue weighted by Gasteiger charge is -2.25. The van der Waals surface area contributed by atoms with Crippen LogP contribution in [-0.2, 0) is 9.59 Å². The Morgan fingerprint density at radius 3 is 2.52 bits per heavy atom. The van der Waals surface area contributed by atoms with Gasteiger partial charge in [-0.25, -0.2) is 0 Å². The number of hydrogen-bond donors (Lipinski definition) is 2. The smallest absolute Gasteiger partial charge is 0.320 e. The first-order chi connectivity index (χ1) is 9.97. The van der Waals surface area contributed by atoms with Crippen molar-refractivity contribution in [1.82, 2.24) is 4.90 Å². The Morgan fingerprint density at radius 1 is 1.38 bits per heavy atom. The highest BCUT2D eigenvalue weighted by atomic mass is 79.9. The van der Waals surface area contributed by atoms with E-state index in [1.165, 1.54) is 0 Å². The van der Waals surface area contributed by atoms with Crippen LogP contribution in [0.2, 0.25) is 0 Å². The maximum Gasteiger partial charge on any atom is 0.320 e. The van der Waals surface area contributed by atoms with Crippen molar-refractivity contribution >= 4 is 33.5 Å². The van der Waals surface area contributed by atoms with Crippen molar-refractivity contribution in [2.45, 2.75) is 38.3 Å². The number of amides is 1. The molecule has 0 heterocycles. The summed E-state index contributed by atoms with van der Waals surface area (Å²) in [7, 11) is 0. The number of nitrogens with one attached hydrogen (secondary N) is 1. The van der Waals surface area contributed by atoms with Crippen LogP contribution in [0.4, 0.5) is 5.69 Å². The molecule has 0 saturated heterocycles. The highest BCUT2D eigenvalue weighted by Gasteiger charge is 2.34. The lowest BCUT2D eigenvalue weighted by molar-refractivity contribution is -0.143. The number of carbonyl (C=O) groups is 2. The van der Waals surface area contributed by atoms with Crippen molar-refractivity contribution in [1.29, 1.82) is 0 Å². The first-order valence-corrected chi connectivity index (χ1v) is 7.80. The summed E-state index contributed by atoms with van der Waals surface area (Å²) in [6.07, 6.45) is 2.34. The number of benzene rings is 1. The minimum atomic E-state index is -0.838. The summed E-state index contributed by atoms with van der Waals surface area (Å²) < 4.78 is 0.954. The van der Waals surface area contributed by atoms with Crippen LogP contribution in [0.25, 0.3) is 0 Å². The van der Waals surface area contributed by atoms with Crippen LogP contribution in [0.3, 0.4) is 0 Å². The molecule has 1 atom stereocenters. The number of anilines is 1. The largest absolute Gasteiger partial charge is 0.480 e. The standard InChI is InChI=1S/C15H19BrN2O3/c1-10(15(20)21)18(13-6-7-13)9-8-14(19)17-12-4-2-11(16)3-5-12/h2-5,10,13H,6-9H2,1H3,(H,17,19)(H,20,21). The Labute approximate surface area is 132 Å². The highest BCUT2D eigenvalue weighted by Crippen LogP contribution is 2.28. The zero-order valence-electron chi connectivity index (χ0n) is 11.9. The molecule has 1 aliphatic carbocycles. The summed E-state index contributed by atoms with van der Waals surface area (Å²) >= 11 is 3.34. The van der Waals surface area contributed by atoms with Gasteiger partial charge >= 0.3 is 5.97 Å². The van der Waals surface area contributed by atoms with E-state index >= 15 is 0 Å². The van der Waals surface area contributed by atoms with Gasteiger partial charge in [-0.1, -0.05) is 15.9 Å². The van der Waals surface area contributed by atoms with Gasteiger partial charge in [-0.2, -0.15) is 0 Å². The summed E-state index contributed by atoms with van der Waals surface area (Å²) in [5, 5.41) is 11.9. The molecular weight excluding hydrogens is 336 g/mol. The number of rotatable bonds is 7. The first kappa shape index (κ1) is 16.0. The third kappa shape index (κ3) is 4.82. The van der Waals surface area contributed by atoms with E-state index in [1.54, 1.807) is 6.92 Å². The van der Waals surface area contributed by atoms with E-state index in [0.717, 1.165) is 23.0 Å². The zero-order chi connectivity index (χ0) is 15.4. The summed E-state index contributed by atoms with van der Waals surface area (Å²) in [6, 6.07) is 7.13. The molecule has 1 fully saturated rings. The quantitative estimate of drug-likeness (QED) is 0.789. The fourth-order valence-electron chi connectivity index (χ4n) is 2.23. The SMILES string of the molecule is CC(C(=O)O)N(CCC(=O)Nc1ccc(Br)cc1)C1CC1. The van der Waals surface area contributed by atoms with Gasteiger partial charge in [-0.15, -0.1) is 0 Å². The van der Waals surface area contributed by atoms with Crippen LogP contribution in [0.5, 0.6) is 0 Å². The molecule has 0 aliphatic heterocycles. The third-order valence-corrected chi connectivity index (χ3v) is 4.12. The molecule has 1 saturated carbocycles. The Hall–Kier alpha value is -1.40. The van der Waals surface area contributed by atoms with E-state index in [-0.39, 0.29) is 5.91 Å². The number of aliphatic carboxylic acids is 1. The summed E-state index contributed by atoms with van der Waals surface area (Å²) in [6.45, 7) is 2.15. The minimum Gasteiger partial charge on any atom is -0.480 e. The lowest BCUT2D eigenvalue weighted by Crippen LogP contribution is -2.42. The van der Waals surface area contributed by atoms with Gasteiger partial charge in [0.05, 0.1) is 0 Å². The highest BCUT2D eigenvalue weighted by molar-refractivity contribution is 9.10. The monoisotopic (exact) mass is 354 g/mol. The van der Waals surface area contributed by atoms with Crippen LogP contribution in [0, 0.1) is 0 Å². The van der Waals surface area contributed by atoms with Gasteiger partial charge in [0.1, 0.15) is 6.04 Å². The Kier molecular flexibility index (Phi) is 5.36. The van der Waals surface area contributed by atoms with Crippen LogP contribution in [0.1, 0.15) is 26.2 Å². The topological polar surface area (TPSA) is 69.6 Å². The average molecular weight is 355 g/mol. The molecule has 6 heteroatoms. The van der Waals surface area contributed by atoms with Gasteiger partial charge in [-0.05, 0) is 44.0 Å². The molecule has 1 aromatic rings. The average Bonchev–Trinajstić information content (AvgIpc) is 3.26. The van der Waals surface area contributed by atoms with E-state index in [1.807, 2.05) is 29.2 Å². The fraction of sp³-hybridized carbons (Fsp3) is 0.467. The predicted octanol–water partition coefficient (Wildman–Crippen LogP) is 2.72. The Morgan fingerprint density at radius 2 is 2.00 bits per heavy atom. The number of carboxylic acids is 1.